The Labute approximate surface area is 69.9 Å². The Morgan fingerprint density at radius 1 is 1.25 bits per heavy atom. The molecule has 0 aliphatic rings. The van der Waals surface area contributed by atoms with Crippen molar-refractivity contribution >= 4 is 68.1 Å². The molecule has 1 nitrogen and oxygen atoms in total. The molecule has 0 aliphatic carbocycles. The van der Waals surface area contributed by atoms with Crippen LogP contribution in [-0.4, -0.2) is 68.1 Å². The van der Waals surface area contributed by atoms with Gasteiger partial charge < -0.3 is 0 Å². The molecular formula is H6GaInOSn. The van der Waals surface area contributed by atoms with Crippen molar-refractivity contribution in [2.75, 3.05) is 0 Å². The first kappa shape index (κ1) is 16.5. The van der Waals surface area contributed by atoms with Crippen LogP contribution in [0.1, 0.15) is 0 Å². The van der Waals surface area contributed by atoms with Crippen LogP contribution >= 0.6 is 0 Å². The molecule has 0 bridgehead atoms. The fourth-order valence-electron chi connectivity index (χ4n) is 0. The summed E-state index contributed by atoms with van der Waals surface area (Å²) in [5, 5.41) is 0. The van der Waals surface area contributed by atoms with Gasteiger partial charge in [0.15, 0.2) is 0 Å². The molecule has 0 aromatic carbocycles. The number of hydrogen-bond acceptors (Lipinski definition) is 1. The third-order valence-corrected chi connectivity index (χ3v) is 0. The molecule has 0 heterocycles. The van der Waals surface area contributed by atoms with E-state index in [1.165, 1.54) is 0 Å². The zero-order valence-electron chi connectivity index (χ0n) is 1.82. The first-order valence-corrected chi connectivity index (χ1v) is 1.94. The molecule has 0 fully saturated rings. The van der Waals surface area contributed by atoms with Gasteiger partial charge in [-0.1, -0.05) is 0 Å². The van der Waals surface area contributed by atoms with Crippen molar-refractivity contribution in [2.45, 2.75) is 0 Å². The van der Waals surface area contributed by atoms with Crippen LogP contribution in [0.2, 0.25) is 0 Å². The summed E-state index contributed by atoms with van der Waals surface area (Å²) in [4.78, 5) is 0. The summed E-state index contributed by atoms with van der Waals surface area (Å²) in [6.45, 7) is 0. The Hall–Kier alpha value is 2.11. The average Bonchev–Trinajstić information content (AvgIpc) is 1.00. The van der Waals surface area contributed by atoms with Crippen molar-refractivity contribution < 1.29 is 2.85 Å². The minimum atomic E-state index is -0.1000. The van der Waals surface area contributed by atoms with Crippen molar-refractivity contribution in [3.8, 4) is 0 Å². The van der Waals surface area contributed by atoms with Gasteiger partial charge in [0.05, 0.1) is 0 Å². The Morgan fingerprint density at radius 3 is 1.25 bits per heavy atom. The van der Waals surface area contributed by atoms with Crippen LogP contribution in [0.15, 0.2) is 0 Å². The van der Waals surface area contributed by atoms with Gasteiger partial charge in [-0.05, 0) is 0 Å². The Bertz CT molecular complexity index is 8.00. The SMILES string of the molecule is [GaH3].[O]=[InH].[SnH2]. The predicted octanol–water partition coefficient (Wildman–Crippen LogP) is -2.87. The number of hydrogen-bond donors (Lipinski definition) is 0. The number of rotatable bonds is 0. The van der Waals surface area contributed by atoms with Crippen LogP contribution in [0, 0.1) is 0 Å². The summed E-state index contributed by atoms with van der Waals surface area (Å²) in [6, 6.07) is 0. The van der Waals surface area contributed by atoms with Crippen molar-refractivity contribution in [1.82, 2.24) is 0 Å². The van der Waals surface area contributed by atoms with E-state index < -0.39 is 0 Å². The van der Waals surface area contributed by atoms with Gasteiger partial charge in [-0.2, -0.15) is 0 Å². The molecule has 0 aromatic rings. The maximum atomic E-state index is 8.42. The predicted molar refractivity (Wildman–Crippen MR) is 26.3 cm³/mol. The molecule has 0 rings (SSSR count). The maximum absolute atomic E-state index is 8.42. The molecule has 0 saturated heterocycles. The fraction of sp³-hybridized carbons (Fsp3) is 0. The molecule has 0 amide bonds. The van der Waals surface area contributed by atoms with Crippen LogP contribution < -0.4 is 0 Å². The fourth-order valence-corrected chi connectivity index (χ4v) is 0. The molecule has 0 aliphatic heterocycles. The second kappa shape index (κ2) is 19.4. The van der Waals surface area contributed by atoms with E-state index >= 15 is 0 Å². The molecule has 4 heteroatoms. The monoisotopic (exact) mass is 326 g/mol. The minimum absolute atomic E-state index is 0. The molecule has 4 heavy (non-hydrogen) atoms. The van der Waals surface area contributed by atoms with Crippen LogP contribution in [0.25, 0.3) is 0 Å². The average molecular weight is 325 g/mol. The van der Waals surface area contributed by atoms with Gasteiger partial charge >= 0.3 is 70.9 Å². The zero-order valence-corrected chi connectivity index (χ0v) is 9.90. The summed E-state index contributed by atoms with van der Waals surface area (Å²) in [5.74, 6) is 0. The summed E-state index contributed by atoms with van der Waals surface area (Å²) in [6.07, 6.45) is 0. The molecular weight excluding hydrogens is 319 g/mol. The van der Waals surface area contributed by atoms with Crippen molar-refractivity contribution in [2.24, 2.45) is 0 Å². The quantitative estimate of drug-likeness (QED) is 0.438. The molecule has 0 atom stereocenters. The van der Waals surface area contributed by atoms with E-state index in [-0.39, 0.29) is 68.1 Å². The van der Waals surface area contributed by atoms with Gasteiger partial charge in [0, 0.05) is 0 Å². The van der Waals surface area contributed by atoms with E-state index in [4.69, 9.17) is 2.85 Å². The molecule has 0 saturated carbocycles. The van der Waals surface area contributed by atoms with E-state index in [1.807, 2.05) is 0 Å². The van der Waals surface area contributed by atoms with Gasteiger partial charge in [0.25, 0.3) is 0 Å². The van der Waals surface area contributed by atoms with E-state index in [2.05, 4.69) is 0 Å². The summed E-state index contributed by atoms with van der Waals surface area (Å²) in [7, 11) is 0. The molecule has 2 radical (unpaired) electrons. The van der Waals surface area contributed by atoms with Crippen LogP contribution in [0.4, 0.5) is 0 Å². The first-order valence-electron chi connectivity index (χ1n) is 0.289. The third-order valence-electron chi connectivity index (χ3n) is 0. The van der Waals surface area contributed by atoms with E-state index in [0.29, 0.717) is 0 Å². The topological polar surface area (TPSA) is 17.1 Å². The van der Waals surface area contributed by atoms with Crippen molar-refractivity contribution in [3.63, 3.8) is 0 Å². The van der Waals surface area contributed by atoms with E-state index in [9.17, 15) is 0 Å². The van der Waals surface area contributed by atoms with Crippen molar-refractivity contribution in [3.05, 3.63) is 0 Å². The summed E-state index contributed by atoms with van der Waals surface area (Å²) >= 11 is -0.1000. The van der Waals surface area contributed by atoms with Gasteiger partial charge in [0.2, 0.25) is 0 Å². The van der Waals surface area contributed by atoms with Crippen LogP contribution in [-0.2, 0) is 2.85 Å². The van der Waals surface area contributed by atoms with E-state index in [0.717, 1.165) is 0 Å². The molecule has 0 aromatic heterocycles. The third kappa shape index (κ3) is 8.93. The summed E-state index contributed by atoms with van der Waals surface area (Å²) < 4.78 is 8.42. The molecule has 0 N–H and O–H groups in total. The Morgan fingerprint density at radius 2 is 1.25 bits per heavy atom. The normalized spacial score (nSPS) is 0.750. The summed E-state index contributed by atoms with van der Waals surface area (Å²) in [5.41, 5.74) is 0. The molecule has 0 unspecified atom stereocenters. The van der Waals surface area contributed by atoms with E-state index in [1.54, 1.807) is 0 Å². The van der Waals surface area contributed by atoms with Gasteiger partial charge in [-0.25, -0.2) is 0 Å². The van der Waals surface area contributed by atoms with Gasteiger partial charge in [-0.15, -0.1) is 0 Å². The van der Waals surface area contributed by atoms with Gasteiger partial charge in [-0.3, -0.25) is 0 Å². The standard InChI is InChI=1S/Ga.In.O.Sn.6H. The van der Waals surface area contributed by atoms with Crippen LogP contribution in [0.5, 0.6) is 0 Å². The van der Waals surface area contributed by atoms with Crippen LogP contribution in [0.3, 0.4) is 0 Å². The second-order valence-corrected chi connectivity index (χ2v) is 0. The Kier molecular flexibility index (Phi) is 80.1. The van der Waals surface area contributed by atoms with Crippen molar-refractivity contribution in [1.29, 1.82) is 0 Å². The molecule has 22 valence electrons. The zero-order chi connectivity index (χ0) is 2.00. The first-order chi connectivity index (χ1) is 1.00. The van der Waals surface area contributed by atoms with Gasteiger partial charge in [0.1, 0.15) is 0 Å². The molecule has 0 spiro atoms. The Balaban J connectivity index is -0.00000000500. The second-order valence-electron chi connectivity index (χ2n) is 0.